The summed E-state index contributed by atoms with van der Waals surface area (Å²) in [5.74, 6) is 0.482. The van der Waals surface area contributed by atoms with Crippen LogP contribution in [0, 0.1) is 32.1 Å². The number of rotatable bonds is 2. The Morgan fingerprint density at radius 2 is 1.74 bits per heavy atom. The van der Waals surface area contributed by atoms with Crippen LogP contribution in [-0.2, 0) is 0 Å². The number of aromatic nitrogens is 4. The summed E-state index contributed by atoms with van der Waals surface area (Å²) in [4.78, 5) is 12.5. The van der Waals surface area contributed by atoms with Crippen LogP contribution in [0.15, 0.2) is 41.2 Å². The molecule has 2 aromatic heterocycles. The molecule has 0 spiro atoms. The van der Waals surface area contributed by atoms with Gasteiger partial charge in [-0.2, -0.15) is 15.0 Å². The van der Waals surface area contributed by atoms with Gasteiger partial charge in [-0.15, -0.1) is 5.10 Å². The van der Waals surface area contributed by atoms with Crippen LogP contribution in [0.5, 0.6) is 0 Å². The molecule has 0 fully saturated rings. The van der Waals surface area contributed by atoms with Crippen LogP contribution in [0.3, 0.4) is 0 Å². The highest BCUT2D eigenvalue weighted by Gasteiger charge is 2.18. The number of hydrogen-bond donors (Lipinski definition) is 0. The third-order valence-corrected chi connectivity index (χ3v) is 3.63. The molecule has 2 heterocycles. The Morgan fingerprint density at radius 1 is 1.04 bits per heavy atom. The smallest absolute Gasteiger partial charge is 0.266 e. The van der Waals surface area contributed by atoms with Gasteiger partial charge in [0.1, 0.15) is 11.6 Å². The van der Waals surface area contributed by atoms with Crippen molar-refractivity contribution in [3.8, 4) is 17.6 Å². The molecule has 0 aliphatic carbocycles. The SMILES string of the molecule is Cc1cc(C)n(-c2nn(-c3ccccc3)c(=O)c(C#N)c2C)n1. The molecule has 1 aromatic carbocycles. The second kappa shape index (κ2) is 5.54. The van der Waals surface area contributed by atoms with Crippen LogP contribution < -0.4 is 5.56 Å². The van der Waals surface area contributed by atoms with Gasteiger partial charge >= 0.3 is 0 Å². The topological polar surface area (TPSA) is 76.5 Å². The molecule has 6 nitrogen and oxygen atoms in total. The van der Waals surface area contributed by atoms with E-state index in [1.807, 2.05) is 44.2 Å². The van der Waals surface area contributed by atoms with Crippen LogP contribution in [0.1, 0.15) is 22.5 Å². The normalized spacial score (nSPS) is 10.5. The maximum atomic E-state index is 12.5. The molecule has 0 saturated carbocycles. The zero-order chi connectivity index (χ0) is 16.6. The van der Waals surface area contributed by atoms with E-state index >= 15 is 0 Å². The van der Waals surface area contributed by atoms with Crippen molar-refractivity contribution < 1.29 is 0 Å². The molecule has 0 N–H and O–H groups in total. The summed E-state index contributed by atoms with van der Waals surface area (Å²) in [6.07, 6.45) is 0. The Morgan fingerprint density at radius 3 is 2.30 bits per heavy atom. The summed E-state index contributed by atoms with van der Waals surface area (Å²) in [5, 5.41) is 18.3. The van der Waals surface area contributed by atoms with E-state index in [1.165, 1.54) is 4.68 Å². The lowest BCUT2D eigenvalue weighted by molar-refractivity contribution is 0.714. The quantitative estimate of drug-likeness (QED) is 0.727. The number of para-hydroxylation sites is 1. The van der Waals surface area contributed by atoms with E-state index in [-0.39, 0.29) is 5.56 Å². The lowest BCUT2D eigenvalue weighted by Crippen LogP contribution is -2.27. The summed E-state index contributed by atoms with van der Waals surface area (Å²) in [6, 6.07) is 13.0. The molecule has 3 rings (SSSR count). The van der Waals surface area contributed by atoms with Gasteiger partial charge in [0.15, 0.2) is 5.82 Å². The largest absolute Gasteiger partial charge is 0.289 e. The van der Waals surface area contributed by atoms with Gasteiger partial charge < -0.3 is 0 Å². The Labute approximate surface area is 133 Å². The van der Waals surface area contributed by atoms with Gasteiger partial charge in [-0.25, -0.2) is 4.68 Å². The Kier molecular flexibility index (Phi) is 3.54. The molecule has 6 heteroatoms. The van der Waals surface area contributed by atoms with Gasteiger partial charge in [-0.1, -0.05) is 18.2 Å². The fourth-order valence-corrected chi connectivity index (χ4v) is 2.51. The van der Waals surface area contributed by atoms with Gasteiger partial charge in [0.25, 0.3) is 5.56 Å². The summed E-state index contributed by atoms with van der Waals surface area (Å²) >= 11 is 0. The third kappa shape index (κ3) is 2.42. The Hall–Kier alpha value is -3.20. The molecule has 0 unspecified atom stereocenters. The van der Waals surface area contributed by atoms with Crippen molar-refractivity contribution in [2.24, 2.45) is 0 Å². The van der Waals surface area contributed by atoms with Gasteiger partial charge in [0.2, 0.25) is 0 Å². The van der Waals surface area contributed by atoms with Crippen LogP contribution in [0.4, 0.5) is 0 Å². The van der Waals surface area contributed by atoms with Crippen LogP contribution in [0.25, 0.3) is 11.5 Å². The van der Waals surface area contributed by atoms with E-state index in [2.05, 4.69) is 10.2 Å². The second-order valence-electron chi connectivity index (χ2n) is 5.33. The predicted molar refractivity (Wildman–Crippen MR) is 85.9 cm³/mol. The molecule has 3 aromatic rings. The fraction of sp³-hybridized carbons (Fsp3) is 0.176. The van der Waals surface area contributed by atoms with E-state index in [4.69, 9.17) is 0 Å². The minimum atomic E-state index is -0.429. The van der Waals surface area contributed by atoms with Gasteiger partial charge in [-0.3, -0.25) is 4.79 Å². The van der Waals surface area contributed by atoms with Crippen molar-refractivity contribution in [3.63, 3.8) is 0 Å². The first-order valence-corrected chi connectivity index (χ1v) is 7.16. The highest BCUT2D eigenvalue weighted by Crippen LogP contribution is 2.16. The van der Waals surface area contributed by atoms with E-state index < -0.39 is 5.56 Å². The number of hydrogen-bond acceptors (Lipinski definition) is 4. The zero-order valence-electron chi connectivity index (χ0n) is 13.1. The monoisotopic (exact) mass is 305 g/mol. The molecule has 0 radical (unpaired) electrons. The van der Waals surface area contributed by atoms with Gasteiger partial charge in [-0.05, 0) is 39.0 Å². The van der Waals surface area contributed by atoms with Crippen LogP contribution in [0.2, 0.25) is 0 Å². The third-order valence-electron chi connectivity index (χ3n) is 3.63. The standard InChI is InChI=1S/C17H15N5O/c1-11-9-12(2)21(19-11)16-13(3)15(10-18)17(23)22(20-16)14-7-5-4-6-8-14/h4-9H,1-3H3. The molecular formula is C17H15N5O. The average Bonchev–Trinajstić information content (AvgIpc) is 2.87. The molecule has 0 amide bonds. The van der Waals surface area contributed by atoms with E-state index in [1.54, 1.807) is 23.7 Å². The van der Waals surface area contributed by atoms with Gasteiger partial charge in [0.05, 0.1) is 11.4 Å². The highest BCUT2D eigenvalue weighted by atomic mass is 16.1. The first-order chi connectivity index (χ1) is 11.0. The minimum absolute atomic E-state index is 0.0754. The van der Waals surface area contributed by atoms with E-state index in [0.29, 0.717) is 17.1 Å². The van der Waals surface area contributed by atoms with Crippen molar-refractivity contribution in [1.29, 1.82) is 5.26 Å². The van der Waals surface area contributed by atoms with E-state index in [9.17, 15) is 10.1 Å². The molecule has 0 bridgehead atoms. The Bertz CT molecular complexity index is 977. The molecule has 0 aliphatic heterocycles. The summed E-state index contributed by atoms with van der Waals surface area (Å²) in [7, 11) is 0. The highest BCUT2D eigenvalue weighted by molar-refractivity contribution is 5.46. The summed E-state index contributed by atoms with van der Waals surface area (Å²) < 4.78 is 2.90. The maximum Gasteiger partial charge on any atom is 0.289 e. The lowest BCUT2D eigenvalue weighted by atomic mass is 10.2. The maximum absolute atomic E-state index is 12.5. The molecule has 0 saturated heterocycles. The van der Waals surface area contributed by atoms with Crippen molar-refractivity contribution >= 4 is 0 Å². The number of aryl methyl sites for hydroxylation is 2. The molecular weight excluding hydrogens is 290 g/mol. The first kappa shape index (κ1) is 14.7. The zero-order valence-corrected chi connectivity index (χ0v) is 13.1. The lowest BCUT2D eigenvalue weighted by Gasteiger charge is -2.12. The number of benzene rings is 1. The van der Waals surface area contributed by atoms with Crippen molar-refractivity contribution in [3.05, 3.63) is 69.3 Å². The fourth-order valence-electron chi connectivity index (χ4n) is 2.51. The van der Waals surface area contributed by atoms with Crippen molar-refractivity contribution in [1.82, 2.24) is 19.6 Å². The summed E-state index contributed by atoms with van der Waals surface area (Å²) in [5.41, 5.74) is 2.51. The van der Waals surface area contributed by atoms with Crippen molar-refractivity contribution in [2.75, 3.05) is 0 Å². The molecule has 114 valence electrons. The molecule has 23 heavy (non-hydrogen) atoms. The Balaban J connectivity index is 2.36. The second-order valence-corrected chi connectivity index (χ2v) is 5.33. The van der Waals surface area contributed by atoms with Crippen LogP contribution >= 0.6 is 0 Å². The minimum Gasteiger partial charge on any atom is -0.266 e. The molecule has 0 aliphatic rings. The van der Waals surface area contributed by atoms with Crippen molar-refractivity contribution in [2.45, 2.75) is 20.8 Å². The summed E-state index contributed by atoms with van der Waals surface area (Å²) in [6.45, 7) is 5.51. The van der Waals surface area contributed by atoms with Gasteiger partial charge in [0, 0.05) is 11.3 Å². The number of nitrogens with zero attached hydrogens (tertiary/aromatic N) is 5. The first-order valence-electron chi connectivity index (χ1n) is 7.16. The van der Waals surface area contributed by atoms with Crippen LogP contribution in [-0.4, -0.2) is 19.6 Å². The predicted octanol–water partition coefficient (Wildman–Crippen LogP) is 2.22. The molecule has 0 atom stereocenters. The average molecular weight is 305 g/mol. The number of nitriles is 1. The van der Waals surface area contributed by atoms with E-state index in [0.717, 1.165) is 11.4 Å².